The molecule has 1 aromatic heterocycles. The third-order valence-electron chi connectivity index (χ3n) is 8.04. The summed E-state index contributed by atoms with van der Waals surface area (Å²) in [6, 6.07) is 0. The zero-order chi connectivity index (χ0) is 26.6. The molecule has 3 N–H and O–H groups in total. The molecule has 1 aromatic rings. The van der Waals surface area contributed by atoms with Gasteiger partial charge in [-0.2, -0.15) is 0 Å². The van der Waals surface area contributed by atoms with Gasteiger partial charge in [-0.3, -0.25) is 23.9 Å². The number of H-pyrrole nitrogens is 1. The lowest BCUT2D eigenvalue weighted by Gasteiger charge is -2.59. The number of likely N-dealkylation sites (N-methyl/N-ethyl adjacent to an activating group) is 1. The number of carbonyl (C=O) groups excluding carboxylic acids is 2. The van der Waals surface area contributed by atoms with Crippen molar-refractivity contribution in [2.24, 2.45) is 29.1 Å². The zero-order valence-electron chi connectivity index (χ0n) is 22.1. The second-order valence-electron chi connectivity index (χ2n) is 12.4. The lowest BCUT2D eigenvalue weighted by Crippen LogP contribution is -2.59. The van der Waals surface area contributed by atoms with Gasteiger partial charge < -0.3 is 15.5 Å². The van der Waals surface area contributed by atoms with Crippen molar-refractivity contribution in [3.05, 3.63) is 20.8 Å². The number of hydrogen-bond donors (Lipinski definition) is 2. The minimum absolute atomic E-state index is 0.0264. The fraction of sp³-hybridized carbons (Fsp3) is 0.769. The molecule has 4 fully saturated rings. The van der Waals surface area contributed by atoms with E-state index < -0.39 is 22.6 Å². The van der Waals surface area contributed by atoms with Gasteiger partial charge in [0.05, 0.1) is 12.0 Å². The summed E-state index contributed by atoms with van der Waals surface area (Å²) in [5.41, 5.74) is 4.46. The van der Waals surface area contributed by atoms with Crippen LogP contribution in [0.15, 0.2) is 9.59 Å². The Morgan fingerprint density at radius 1 is 1.11 bits per heavy atom. The molecule has 4 saturated carbocycles. The maximum absolute atomic E-state index is 13.8. The van der Waals surface area contributed by atoms with Crippen LogP contribution in [0.2, 0.25) is 0 Å². The molecule has 9 nitrogen and oxygen atoms in total. The molecule has 4 aliphatic rings. The van der Waals surface area contributed by atoms with Gasteiger partial charge in [0.2, 0.25) is 11.8 Å². The Balaban J connectivity index is 1.60. The molecule has 2 amide bonds. The van der Waals surface area contributed by atoms with E-state index in [0.717, 1.165) is 32.1 Å². The number of nitrogen functional groups attached to an aromatic ring is 1. The molecule has 0 saturated heterocycles. The van der Waals surface area contributed by atoms with E-state index in [4.69, 9.17) is 17.3 Å². The first kappa shape index (κ1) is 26.8. The Labute approximate surface area is 217 Å². The summed E-state index contributed by atoms with van der Waals surface area (Å²) >= 11 is 6.94. The van der Waals surface area contributed by atoms with Crippen LogP contribution in [0.3, 0.4) is 0 Å². The first-order valence-electron chi connectivity index (χ1n) is 13.1. The quantitative estimate of drug-likeness (QED) is 0.509. The number of aromatic nitrogens is 2. The van der Waals surface area contributed by atoms with Crippen molar-refractivity contribution < 1.29 is 9.59 Å². The molecular formula is C26H40ClN5O4. The summed E-state index contributed by atoms with van der Waals surface area (Å²) in [4.78, 5) is 57.5. The van der Waals surface area contributed by atoms with E-state index >= 15 is 0 Å². The van der Waals surface area contributed by atoms with Crippen LogP contribution in [-0.4, -0.2) is 51.3 Å². The van der Waals surface area contributed by atoms with Crippen LogP contribution >= 0.6 is 11.6 Å². The number of nitrogens with two attached hydrogens (primary N) is 1. The van der Waals surface area contributed by atoms with Gasteiger partial charge >= 0.3 is 5.69 Å². The fourth-order valence-electron chi connectivity index (χ4n) is 7.23. The Kier molecular flexibility index (Phi) is 7.09. The predicted octanol–water partition coefficient (Wildman–Crippen LogP) is 2.80. The molecule has 5 rings (SSSR count). The molecule has 10 heteroatoms. The SMILES string of the molecule is CC(C)CN(C(=O)CN(C)C(=O)C12C[C@@H]3C[C@@H](CC(Cl)(C3)C1)C2)c1c(N)n(CC(C)C)c(=O)[nH]c1=O. The molecule has 1 heterocycles. The molecule has 200 valence electrons. The van der Waals surface area contributed by atoms with Crippen molar-refractivity contribution in [3.8, 4) is 0 Å². The van der Waals surface area contributed by atoms with E-state index in [1.54, 1.807) is 7.05 Å². The molecule has 4 atom stereocenters. The lowest BCUT2D eigenvalue weighted by atomic mass is 9.49. The van der Waals surface area contributed by atoms with Crippen LogP contribution < -0.4 is 21.9 Å². The van der Waals surface area contributed by atoms with Crippen LogP contribution in [0.5, 0.6) is 0 Å². The Hall–Kier alpha value is -2.29. The second-order valence-corrected chi connectivity index (χ2v) is 13.3. The van der Waals surface area contributed by atoms with Crippen molar-refractivity contribution >= 4 is 34.9 Å². The molecule has 36 heavy (non-hydrogen) atoms. The van der Waals surface area contributed by atoms with E-state index in [2.05, 4.69) is 4.98 Å². The summed E-state index contributed by atoms with van der Waals surface area (Å²) in [7, 11) is 1.65. The molecule has 4 aliphatic carbocycles. The van der Waals surface area contributed by atoms with Crippen molar-refractivity contribution in [3.63, 3.8) is 0 Å². The van der Waals surface area contributed by atoms with E-state index in [9.17, 15) is 19.2 Å². The minimum atomic E-state index is -0.703. The summed E-state index contributed by atoms with van der Waals surface area (Å²) < 4.78 is 1.30. The second kappa shape index (κ2) is 9.54. The molecule has 0 spiro atoms. The standard InChI is InChI=1S/C26H40ClN5O4/c1-15(2)11-31(20-21(28)32(12-16(3)4)24(36)29-22(20)34)19(33)13-30(5)23(35)25-7-17-6-18(8-25)10-26(27,9-17)14-25/h15-18H,6-14,28H2,1-5H3,(H,29,34,36)/t17-,18+,25?,26?. The average Bonchev–Trinajstić information content (AvgIpc) is 2.73. The number of halogens is 1. The molecule has 0 aromatic carbocycles. The number of aromatic amines is 1. The van der Waals surface area contributed by atoms with Crippen LogP contribution in [0.25, 0.3) is 0 Å². The predicted molar refractivity (Wildman–Crippen MR) is 141 cm³/mol. The molecule has 4 bridgehead atoms. The maximum atomic E-state index is 13.8. The monoisotopic (exact) mass is 521 g/mol. The highest BCUT2D eigenvalue weighted by Gasteiger charge is 2.60. The molecule has 2 unspecified atom stereocenters. The normalized spacial score (nSPS) is 28.7. The topological polar surface area (TPSA) is 121 Å². The number of amides is 2. The number of nitrogens with zero attached hydrogens (tertiary/aromatic N) is 3. The van der Waals surface area contributed by atoms with Crippen LogP contribution in [0.1, 0.15) is 66.2 Å². The average molecular weight is 522 g/mol. The highest BCUT2D eigenvalue weighted by Crippen LogP contribution is 2.64. The number of hydrogen-bond acceptors (Lipinski definition) is 5. The Morgan fingerprint density at radius 2 is 1.72 bits per heavy atom. The minimum Gasteiger partial charge on any atom is -0.383 e. The van der Waals surface area contributed by atoms with Crippen molar-refractivity contribution in [1.29, 1.82) is 0 Å². The number of rotatable bonds is 8. The fourth-order valence-corrected chi connectivity index (χ4v) is 7.93. The van der Waals surface area contributed by atoms with E-state index in [1.165, 1.54) is 14.4 Å². The number of carbonyl (C=O) groups is 2. The maximum Gasteiger partial charge on any atom is 0.330 e. The number of anilines is 2. The van der Waals surface area contributed by atoms with E-state index in [-0.39, 0.29) is 47.2 Å². The Morgan fingerprint density at radius 3 is 2.25 bits per heavy atom. The lowest BCUT2D eigenvalue weighted by molar-refractivity contribution is -0.155. The van der Waals surface area contributed by atoms with Gasteiger partial charge in [0, 0.05) is 25.0 Å². The van der Waals surface area contributed by atoms with E-state index in [1.807, 2.05) is 27.7 Å². The van der Waals surface area contributed by atoms with Crippen LogP contribution in [0.4, 0.5) is 11.5 Å². The molecule has 0 aliphatic heterocycles. The van der Waals surface area contributed by atoms with Gasteiger partial charge in [0.1, 0.15) is 5.82 Å². The number of alkyl halides is 1. The summed E-state index contributed by atoms with van der Waals surface area (Å²) in [5.74, 6) is 0.587. The summed E-state index contributed by atoms with van der Waals surface area (Å²) in [6.07, 6.45) is 5.41. The number of nitrogens with one attached hydrogen (secondary N) is 1. The van der Waals surface area contributed by atoms with Crippen molar-refractivity contribution in [2.45, 2.75) is 77.6 Å². The van der Waals surface area contributed by atoms with Gasteiger partial charge in [0.25, 0.3) is 5.56 Å². The van der Waals surface area contributed by atoms with Gasteiger partial charge in [0.15, 0.2) is 5.69 Å². The van der Waals surface area contributed by atoms with Crippen LogP contribution in [0, 0.1) is 29.1 Å². The van der Waals surface area contributed by atoms with E-state index in [0.29, 0.717) is 24.8 Å². The third kappa shape index (κ3) is 4.95. The van der Waals surface area contributed by atoms with Gasteiger partial charge in [-0.05, 0) is 62.2 Å². The van der Waals surface area contributed by atoms with Gasteiger partial charge in [-0.1, -0.05) is 27.7 Å². The highest BCUT2D eigenvalue weighted by molar-refractivity contribution is 6.24. The largest absolute Gasteiger partial charge is 0.383 e. The Bertz CT molecular complexity index is 1140. The van der Waals surface area contributed by atoms with Crippen LogP contribution in [-0.2, 0) is 16.1 Å². The molecule has 0 radical (unpaired) electrons. The summed E-state index contributed by atoms with van der Waals surface area (Å²) in [6.45, 7) is 8.08. The summed E-state index contributed by atoms with van der Waals surface area (Å²) in [5, 5.41) is 0. The van der Waals surface area contributed by atoms with Gasteiger partial charge in [-0.15, -0.1) is 11.6 Å². The first-order valence-corrected chi connectivity index (χ1v) is 13.5. The molecular weight excluding hydrogens is 482 g/mol. The zero-order valence-corrected chi connectivity index (χ0v) is 22.9. The third-order valence-corrected chi connectivity index (χ3v) is 8.49. The first-order chi connectivity index (χ1) is 16.7. The smallest absolute Gasteiger partial charge is 0.330 e. The van der Waals surface area contributed by atoms with Crippen molar-refractivity contribution in [1.82, 2.24) is 14.5 Å². The highest BCUT2D eigenvalue weighted by atomic mass is 35.5. The van der Waals surface area contributed by atoms with Gasteiger partial charge in [-0.25, -0.2) is 4.79 Å². The van der Waals surface area contributed by atoms with Crippen molar-refractivity contribution in [2.75, 3.05) is 30.8 Å².